The molecule has 6 heteroatoms. The molecule has 0 spiro atoms. The summed E-state index contributed by atoms with van der Waals surface area (Å²) in [6.07, 6.45) is 0. The average Bonchev–Trinajstić information content (AvgIpc) is 2.28. The molecule has 1 rings (SSSR count). The summed E-state index contributed by atoms with van der Waals surface area (Å²) in [7, 11) is 0. The van der Waals surface area contributed by atoms with Crippen LogP contribution < -0.4 is 10.1 Å². The van der Waals surface area contributed by atoms with Gasteiger partial charge in [-0.05, 0) is 13.8 Å². The van der Waals surface area contributed by atoms with Crippen molar-refractivity contribution in [3.63, 3.8) is 0 Å². The van der Waals surface area contributed by atoms with Crippen LogP contribution in [0.2, 0.25) is 0 Å². The SMILES string of the molecule is CCOc1cc(NCCOCCO)nc(C)n1. The van der Waals surface area contributed by atoms with Gasteiger partial charge in [0.05, 0.1) is 26.4 Å². The van der Waals surface area contributed by atoms with Gasteiger partial charge in [0.15, 0.2) is 0 Å². The summed E-state index contributed by atoms with van der Waals surface area (Å²) in [6, 6.07) is 1.75. The topological polar surface area (TPSA) is 76.5 Å². The zero-order valence-electron chi connectivity index (χ0n) is 10.3. The molecule has 0 saturated carbocycles. The number of ether oxygens (including phenoxy) is 2. The number of aryl methyl sites for hydroxylation is 1. The second-order valence-corrected chi connectivity index (χ2v) is 3.33. The summed E-state index contributed by atoms with van der Waals surface area (Å²) in [5.41, 5.74) is 0. The minimum atomic E-state index is 0.0428. The zero-order valence-corrected chi connectivity index (χ0v) is 10.3. The molecule has 0 amide bonds. The molecule has 0 radical (unpaired) electrons. The van der Waals surface area contributed by atoms with Crippen LogP contribution in [0.25, 0.3) is 0 Å². The zero-order chi connectivity index (χ0) is 12.5. The third-order valence-electron chi connectivity index (χ3n) is 1.89. The van der Waals surface area contributed by atoms with Gasteiger partial charge >= 0.3 is 0 Å². The van der Waals surface area contributed by atoms with Crippen molar-refractivity contribution < 1.29 is 14.6 Å². The highest BCUT2D eigenvalue weighted by atomic mass is 16.5. The fraction of sp³-hybridized carbons (Fsp3) is 0.636. The highest BCUT2D eigenvalue weighted by Gasteiger charge is 2.01. The van der Waals surface area contributed by atoms with Crippen LogP contribution in [0.5, 0.6) is 5.88 Å². The van der Waals surface area contributed by atoms with Gasteiger partial charge in [0, 0.05) is 12.6 Å². The van der Waals surface area contributed by atoms with Gasteiger partial charge in [-0.25, -0.2) is 4.98 Å². The first-order valence-electron chi connectivity index (χ1n) is 5.67. The van der Waals surface area contributed by atoms with Gasteiger partial charge in [0.2, 0.25) is 5.88 Å². The van der Waals surface area contributed by atoms with Crippen molar-refractivity contribution in [3.8, 4) is 5.88 Å². The molecular formula is C11H19N3O3. The van der Waals surface area contributed by atoms with E-state index in [-0.39, 0.29) is 6.61 Å². The van der Waals surface area contributed by atoms with E-state index in [2.05, 4.69) is 15.3 Å². The molecule has 0 aliphatic carbocycles. The van der Waals surface area contributed by atoms with Crippen molar-refractivity contribution in [2.75, 3.05) is 38.3 Å². The molecule has 1 heterocycles. The van der Waals surface area contributed by atoms with Crippen molar-refractivity contribution in [1.82, 2.24) is 9.97 Å². The number of hydrogen-bond acceptors (Lipinski definition) is 6. The maximum atomic E-state index is 8.53. The second kappa shape index (κ2) is 7.81. The Hall–Kier alpha value is -1.40. The highest BCUT2D eigenvalue weighted by Crippen LogP contribution is 2.12. The van der Waals surface area contributed by atoms with Gasteiger partial charge in [-0.15, -0.1) is 0 Å². The van der Waals surface area contributed by atoms with Crippen LogP contribution in [0, 0.1) is 6.92 Å². The standard InChI is InChI=1S/C11H19N3O3/c1-3-17-11-8-10(13-9(2)14-11)12-4-6-16-7-5-15/h8,15H,3-7H2,1-2H3,(H,12,13,14). The number of hydrogen-bond donors (Lipinski definition) is 2. The Balaban J connectivity index is 2.41. The summed E-state index contributed by atoms with van der Waals surface area (Å²) in [4.78, 5) is 8.37. The van der Waals surface area contributed by atoms with Gasteiger partial charge in [0.1, 0.15) is 11.6 Å². The van der Waals surface area contributed by atoms with Crippen molar-refractivity contribution in [2.24, 2.45) is 0 Å². The number of nitrogens with zero attached hydrogens (tertiary/aromatic N) is 2. The molecule has 0 aliphatic heterocycles. The largest absolute Gasteiger partial charge is 0.478 e. The first-order chi connectivity index (χ1) is 8.26. The Morgan fingerprint density at radius 2 is 2.18 bits per heavy atom. The molecule has 0 aliphatic rings. The summed E-state index contributed by atoms with van der Waals surface area (Å²) in [5, 5.41) is 11.6. The molecule has 6 nitrogen and oxygen atoms in total. The molecule has 0 saturated heterocycles. The van der Waals surface area contributed by atoms with E-state index in [4.69, 9.17) is 14.6 Å². The van der Waals surface area contributed by atoms with Crippen LogP contribution in [-0.2, 0) is 4.74 Å². The van der Waals surface area contributed by atoms with Crippen LogP contribution in [0.4, 0.5) is 5.82 Å². The normalized spacial score (nSPS) is 10.3. The average molecular weight is 241 g/mol. The molecular weight excluding hydrogens is 222 g/mol. The molecule has 96 valence electrons. The second-order valence-electron chi connectivity index (χ2n) is 3.33. The van der Waals surface area contributed by atoms with Crippen molar-refractivity contribution in [1.29, 1.82) is 0 Å². The van der Waals surface area contributed by atoms with Crippen molar-refractivity contribution in [3.05, 3.63) is 11.9 Å². The minimum Gasteiger partial charge on any atom is -0.478 e. The summed E-state index contributed by atoms with van der Waals surface area (Å²) < 4.78 is 10.4. The number of aromatic nitrogens is 2. The number of rotatable bonds is 8. The number of nitrogens with one attached hydrogen (secondary N) is 1. The third-order valence-corrected chi connectivity index (χ3v) is 1.89. The molecule has 17 heavy (non-hydrogen) atoms. The van der Waals surface area contributed by atoms with E-state index in [1.807, 2.05) is 13.8 Å². The highest BCUT2D eigenvalue weighted by molar-refractivity contribution is 5.38. The van der Waals surface area contributed by atoms with Crippen molar-refractivity contribution >= 4 is 5.82 Å². The van der Waals surface area contributed by atoms with Crippen LogP contribution in [0.15, 0.2) is 6.07 Å². The Labute approximate surface area is 101 Å². The lowest BCUT2D eigenvalue weighted by molar-refractivity contribution is 0.0992. The maximum absolute atomic E-state index is 8.53. The summed E-state index contributed by atoms with van der Waals surface area (Å²) >= 11 is 0. The Morgan fingerprint density at radius 3 is 2.88 bits per heavy atom. The van der Waals surface area contributed by atoms with Crippen LogP contribution >= 0.6 is 0 Å². The molecule has 1 aromatic heterocycles. The van der Waals surface area contributed by atoms with E-state index >= 15 is 0 Å². The molecule has 0 aromatic carbocycles. The number of aliphatic hydroxyl groups is 1. The Bertz CT molecular complexity index is 334. The summed E-state index contributed by atoms with van der Waals surface area (Å²) in [5.74, 6) is 1.95. The monoisotopic (exact) mass is 241 g/mol. The molecule has 1 aromatic rings. The molecule has 0 unspecified atom stereocenters. The Morgan fingerprint density at radius 1 is 1.35 bits per heavy atom. The molecule has 2 N–H and O–H groups in total. The van der Waals surface area contributed by atoms with E-state index in [0.717, 1.165) is 0 Å². The summed E-state index contributed by atoms with van der Waals surface area (Å²) in [6.45, 7) is 5.85. The van der Waals surface area contributed by atoms with E-state index in [0.29, 0.717) is 43.9 Å². The van der Waals surface area contributed by atoms with E-state index in [1.54, 1.807) is 6.07 Å². The lowest BCUT2D eigenvalue weighted by Gasteiger charge is -2.08. The lowest BCUT2D eigenvalue weighted by Crippen LogP contribution is -2.12. The van der Waals surface area contributed by atoms with E-state index in [9.17, 15) is 0 Å². The van der Waals surface area contributed by atoms with Gasteiger partial charge in [0.25, 0.3) is 0 Å². The predicted molar refractivity (Wildman–Crippen MR) is 64.3 cm³/mol. The Kier molecular flexibility index (Phi) is 6.27. The molecule has 0 atom stereocenters. The molecule has 0 bridgehead atoms. The lowest BCUT2D eigenvalue weighted by atomic mass is 10.5. The van der Waals surface area contributed by atoms with Crippen LogP contribution in [0.1, 0.15) is 12.7 Å². The van der Waals surface area contributed by atoms with Crippen LogP contribution in [0.3, 0.4) is 0 Å². The first-order valence-corrected chi connectivity index (χ1v) is 5.67. The van der Waals surface area contributed by atoms with Gasteiger partial charge in [-0.1, -0.05) is 0 Å². The fourth-order valence-electron chi connectivity index (χ4n) is 1.27. The first kappa shape index (κ1) is 13.7. The predicted octanol–water partition coefficient (Wildman–Crippen LogP) is 0.605. The van der Waals surface area contributed by atoms with E-state index < -0.39 is 0 Å². The van der Waals surface area contributed by atoms with Crippen LogP contribution in [-0.4, -0.2) is 48.0 Å². The van der Waals surface area contributed by atoms with Gasteiger partial charge in [-0.2, -0.15) is 4.98 Å². The maximum Gasteiger partial charge on any atom is 0.218 e. The minimum absolute atomic E-state index is 0.0428. The van der Waals surface area contributed by atoms with Crippen molar-refractivity contribution in [2.45, 2.75) is 13.8 Å². The van der Waals surface area contributed by atoms with Gasteiger partial charge < -0.3 is 19.9 Å². The van der Waals surface area contributed by atoms with E-state index in [1.165, 1.54) is 0 Å². The third kappa shape index (κ3) is 5.46. The van der Waals surface area contributed by atoms with Gasteiger partial charge in [-0.3, -0.25) is 0 Å². The number of aliphatic hydroxyl groups excluding tert-OH is 1. The quantitative estimate of drug-likeness (QED) is 0.649. The molecule has 0 fully saturated rings. The fourth-order valence-corrected chi connectivity index (χ4v) is 1.27. The number of anilines is 1. The smallest absolute Gasteiger partial charge is 0.218 e.